The molecule has 0 spiro atoms. The predicted octanol–water partition coefficient (Wildman–Crippen LogP) is 3.54. The van der Waals surface area contributed by atoms with E-state index in [-0.39, 0.29) is 29.0 Å². The average molecular weight is 485 g/mol. The number of carbonyl (C=O) groups excluding carboxylic acids is 1. The molecule has 1 amide bonds. The lowest BCUT2D eigenvalue weighted by Gasteiger charge is -2.27. The van der Waals surface area contributed by atoms with Gasteiger partial charge in [0.05, 0.1) is 30.3 Å². The summed E-state index contributed by atoms with van der Waals surface area (Å²) in [6.07, 6.45) is 2.95. The number of aromatic nitrogens is 3. The third-order valence-electron chi connectivity index (χ3n) is 6.58. The van der Waals surface area contributed by atoms with Crippen molar-refractivity contribution < 1.29 is 9.53 Å². The summed E-state index contributed by atoms with van der Waals surface area (Å²) in [4.78, 5) is 47.8. The van der Waals surface area contributed by atoms with Crippen LogP contribution in [0.25, 0.3) is 16.7 Å². The standard InChI is InChI=1S/C28H28N4O4/c1-19-16-23(26(33)30-14-7-4-8-15-30)24-25(29-19)32(21-11-5-3-6-12-21)28(35)31(27(24)34)18-20-10-9-13-22(17-20)36-2/h3,5-6,9-13,16-17H,4,7-8,14-15,18H2,1-2H3. The summed E-state index contributed by atoms with van der Waals surface area (Å²) in [6, 6.07) is 18.0. The lowest BCUT2D eigenvalue weighted by atomic mass is 10.1. The average Bonchev–Trinajstić information content (AvgIpc) is 2.91. The molecule has 8 heteroatoms. The number of ether oxygens (including phenoxy) is 1. The maximum atomic E-state index is 13.9. The highest BCUT2D eigenvalue weighted by molar-refractivity contribution is 6.05. The van der Waals surface area contributed by atoms with Crippen LogP contribution in [0.3, 0.4) is 0 Å². The van der Waals surface area contributed by atoms with E-state index >= 15 is 0 Å². The summed E-state index contributed by atoms with van der Waals surface area (Å²) >= 11 is 0. The first-order chi connectivity index (χ1) is 17.5. The monoisotopic (exact) mass is 484 g/mol. The molecule has 0 unspecified atom stereocenters. The zero-order valence-corrected chi connectivity index (χ0v) is 20.4. The Balaban J connectivity index is 1.80. The van der Waals surface area contributed by atoms with Crippen molar-refractivity contribution in [2.75, 3.05) is 20.2 Å². The second kappa shape index (κ2) is 9.81. The summed E-state index contributed by atoms with van der Waals surface area (Å²) in [6.45, 7) is 3.10. The first-order valence-corrected chi connectivity index (χ1v) is 12.1. The number of hydrogen-bond donors (Lipinski definition) is 0. The second-order valence-corrected chi connectivity index (χ2v) is 9.06. The van der Waals surface area contributed by atoms with Gasteiger partial charge < -0.3 is 9.64 Å². The lowest BCUT2D eigenvalue weighted by molar-refractivity contribution is 0.0726. The van der Waals surface area contributed by atoms with Crippen molar-refractivity contribution in [2.45, 2.75) is 32.7 Å². The predicted molar refractivity (Wildman–Crippen MR) is 138 cm³/mol. The molecule has 0 saturated carbocycles. The molecule has 1 aliphatic heterocycles. The second-order valence-electron chi connectivity index (χ2n) is 9.06. The van der Waals surface area contributed by atoms with Gasteiger partial charge in [-0.2, -0.15) is 0 Å². The number of methoxy groups -OCH3 is 1. The largest absolute Gasteiger partial charge is 0.497 e. The summed E-state index contributed by atoms with van der Waals surface area (Å²) in [7, 11) is 1.57. The van der Waals surface area contributed by atoms with Gasteiger partial charge in [0.15, 0.2) is 5.65 Å². The van der Waals surface area contributed by atoms with Gasteiger partial charge in [0.2, 0.25) is 0 Å². The third kappa shape index (κ3) is 4.30. The fourth-order valence-electron chi connectivity index (χ4n) is 4.80. The Kier molecular flexibility index (Phi) is 6.41. The van der Waals surface area contributed by atoms with Crippen LogP contribution in [0, 0.1) is 6.92 Å². The van der Waals surface area contributed by atoms with Gasteiger partial charge in [0, 0.05) is 18.8 Å². The highest BCUT2D eigenvalue weighted by Gasteiger charge is 2.26. The van der Waals surface area contributed by atoms with E-state index in [2.05, 4.69) is 4.98 Å². The number of pyridine rings is 1. The van der Waals surface area contributed by atoms with E-state index < -0.39 is 11.2 Å². The molecule has 4 aromatic rings. The molecule has 8 nitrogen and oxygen atoms in total. The van der Waals surface area contributed by atoms with Crippen LogP contribution in [0.5, 0.6) is 5.75 Å². The van der Waals surface area contributed by atoms with Crippen LogP contribution in [0.15, 0.2) is 70.3 Å². The Morgan fingerprint density at radius 2 is 1.72 bits per heavy atom. The number of aryl methyl sites for hydroxylation is 1. The third-order valence-corrected chi connectivity index (χ3v) is 6.58. The fourth-order valence-corrected chi connectivity index (χ4v) is 4.80. The van der Waals surface area contributed by atoms with E-state index in [0.717, 1.165) is 24.8 Å². The number of nitrogens with zero attached hydrogens (tertiary/aromatic N) is 4. The number of carbonyl (C=O) groups is 1. The number of likely N-dealkylation sites (tertiary alicyclic amines) is 1. The molecule has 3 heterocycles. The van der Waals surface area contributed by atoms with E-state index in [1.165, 1.54) is 9.13 Å². The zero-order valence-electron chi connectivity index (χ0n) is 20.4. The first kappa shape index (κ1) is 23.5. The van der Waals surface area contributed by atoms with Crippen LogP contribution < -0.4 is 16.0 Å². The Morgan fingerprint density at radius 3 is 2.44 bits per heavy atom. The number of rotatable bonds is 5. The van der Waals surface area contributed by atoms with Crippen LogP contribution in [-0.4, -0.2) is 45.1 Å². The van der Waals surface area contributed by atoms with E-state index in [0.29, 0.717) is 30.2 Å². The molecule has 1 saturated heterocycles. The van der Waals surface area contributed by atoms with E-state index in [1.54, 1.807) is 49.3 Å². The van der Waals surface area contributed by atoms with Crippen molar-refractivity contribution in [1.29, 1.82) is 0 Å². The Labute approximate surface area is 208 Å². The smallest absolute Gasteiger partial charge is 0.337 e. The molecule has 1 aliphatic rings. The summed E-state index contributed by atoms with van der Waals surface area (Å²) in [5.74, 6) is 0.427. The van der Waals surface area contributed by atoms with E-state index in [1.807, 2.05) is 30.3 Å². The molecule has 0 N–H and O–H groups in total. The number of hydrogen-bond acceptors (Lipinski definition) is 5. The normalized spacial score (nSPS) is 13.7. The SMILES string of the molecule is COc1cccc(Cn2c(=O)c3c(C(=O)N4CCCCC4)cc(C)nc3n(-c3ccccc3)c2=O)c1. The van der Waals surface area contributed by atoms with Crippen molar-refractivity contribution in [2.24, 2.45) is 0 Å². The number of amides is 1. The molecule has 1 fully saturated rings. The molecule has 2 aromatic heterocycles. The fraction of sp³-hybridized carbons (Fsp3) is 0.286. The molecule has 36 heavy (non-hydrogen) atoms. The number of para-hydroxylation sites is 1. The van der Waals surface area contributed by atoms with Crippen LogP contribution in [0.4, 0.5) is 0 Å². The molecule has 5 rings (SSSR count). The Morgan fingerprint density at radius 1 is 0.972 bits per heavy atom. The topological polar surface area (TPSA) is 86.4 Å². The molecule has 0 bridgehead atoms. The van der Waals surface area contributed by atoms with Gasteiger partial charge in [-0.3, -0.25) is 14.2 Å². The summed E-state index contributed by atoms with van der Waals surface area (Å²) in [5, 5.41) is 0.155. The van der Waals surface area contributed by atoms with Crippen molar-refractivity contribution in [3.63, 3.8) is 0 Å². The minimum absolute atomic E-state index is 0.0306. The lowest BCUT2D eigenvalue weighted by Crippen LogP contribution is -2.42. The molecule has 0 atom stereocenters. The molecular formula is C28H28N4O4. The molecular weight excluding hydrogens is 456 g/mol. The van der Waals surface area contributed by atoms with Gasteiger partial charge >= 0.3 is 5.69 Å². The minimum atomic E-state index is -0.530. The van der Waals surface area contributed by atoms with Gasteiger partial charge in [0.1, 0.15) is 5.75 Å². The van der Waals surface area contributed by atoms with Crippen LogP contribution in [-0.2, 0) is 6.54 Å². The highest BCUT2D eigenvalue weighted by atomic mass is 16.5. The zero-order chi connectivity index (χ0) is 25.2. The molecule has 0 radical (unpaired) electrons. The van der Waals surface area contributed by atoms with Crippen LogP contribution >= 0.6 is 0 Å². The number of fused-ring (bicyclic) bond motifs is 1. The number of benzene rings is 2. The quantitative estimate of drug-likeness (QED) is 0.433. The maximum absolute atomic E-state index is 13.9. The van der Waals surface area contributed by atoms with Gasteiger partial charge in [0.25, 0.3) is 11.5 Å². The molecule has 0 aliphatic carbocycles. The Bertz CT molecular complexity index is 1550. The van der Waals surface area contributed by atoms with Gasteiger partial charge in [-0.1, -0.05) is 30.3 Å². The highest BCUT2D eigenvalue weighted by Crippen LogP contribution is 2.21. The molecule has 2 aromatic carbocycles. The van der Waals surface area contributed by atoms with Gasteiger partial charge in [-0.15, -0.1) is 0 Å². The van der Waals surface area contributed by atoms with Crippen LogP contribution in [0.1, 0.15) is 40.9 Å². The first-order valence-electron chi connectivity index (χ1n) is 12.1. The van der Waals surface area contributed by atoms with Crippen molar-refractivity contribution in [3.8, 4) is 11.4 Å². The van der Waals surface area contributed by atoms with Crippen molar-refractivity contribution in [1.82, 2.24) is 19.0 Å². The minimum Gasteiger partial charge on any atom is -0.497 e. The van der Waals surface area contributed by atoms with Gasteiger partial charge in [-0.25, -0.2) is 14.3 Å². The van der Waals surface area contributed by atoms with E-state index in [4.69, 9.17) is 4.74 Å². The van der Waals surface area contributed by atoms with Crippen LogP contribution in [0.2, 0.25) is 0 Å². The summed E-state index contributed by atoms with van der Waals surface area (Å²) < 4.78 is 7.92. The van der Waals surface area contributed by atoms with E-state index in [9.17, 15) is 14.4 Å². The Hall–Kier alpha value is -4.20. The molecule has 184 valence electrons. The van der Waals surface area contributed by atoms with Gasteiger partial charge in [-0.05, 0) is 62.1 Å². The number of piperidine rings is 1. The maximum Gasteiger partial charge on any atom is 0.337 e. The van der Waals surface area contributed by atoms with Crippen molar-refractivity contribution in [3.05, 3.63) is 98.3 Å². The summed E-state index contributed by atoms with van der Waals surface area (Å²) in [5.41, 5.74) is 1.30. The van der Waals surface area contributed by atoms with Crippen molar-refractivity contribution >= 4 is 16.9 Å².